The molecule has 8 nitrogen and oxygen atoms in total. The number of carboxylic acid groups (broad SMARTS) is 1. The molecule has 2 unspecified atom stereocenters. The van der Waals surface area contributed by atoms with Gasteiger partial charge in [-0.15, -0.1) is 0 Å². The third-order valence-electron chi connectivity index (χ3n) is 2.61. The molecule has 0 aliphatic carbocycles. The van der Waals surface area contributed by atoms with Crippen molar-refractivity contribution >= 4 is 22.0 Å². The van der Waals surface area contributed by atoms with Crippen LogP contribution in [0.1, 0.15) is 13.3 Å². The van der Waals surface area contributed by atoms with Gasteiger partial charge in [0.2, 0.25) is 10.0 Å². The fourth-order valence-corrected chi connectivity index (χ4v) is 2.90. The summed E-state index contributed by atoms with van der Waals surface area (Å²) in [4.78, 5) is 21.9. The number of sulfonamides is 1. The summed E-state index contributed by atoms with van der Waals surface area (Å²) in [6, 6.07) is -0.801. The minimum Gasteiger partial charge on any atom is -0.481 e. The third kappa shape index (κ3) is 5.13. The number of hydrogen-bond acceptors (Lipinski definition) is 6. The molecule has 1 aliphatic heterocycles. The predicted octanol–water partition coefficient (Wildman–Crippen LogP) is -1.04. The molecule has 0 spiro atoms. The van der Waals surface area contributed by atoms with Gasteiger partial charge in [0.15, 0.2) is 0 Å². The number of aliphatic carboxylic acids is 1. The first-order chi connectivity index (χ1) is 8.85. The Hall–Kier alpha value is -1.19. The SMILES string of the molecule is CCOC(=O)CCS(=O)(=O)NC1COCC1C(=O)O. The Kier molecular flexibility index (Phi) is 5.70. The molecule has 9 heteroatoms. The number of carboxylic acids is 1. The highest BCUT2D eigenvalue weighted by atomic mass is 32.2. The molecule has 0 amide bonds. The average molecular weight is 295 g/mol. The fourth-order valence-electron chi connectivity index (χ4n) is 1.65. The van der Waals surface area contributed by atoms with Gasteiger partial charge in [0, 0.05) is 0 Å². The van der Waals surface area contributed by atoms with Crippen molar-refractivity contribution in [2.45, 2.75) is 19.4 Å². The molecule has 0 saturated carbocycles. The van der Waals surface area contributed by atoms with E-state index < -0.39 is 39.7 Å². The van der Waals surface area contributed by atoms with E-state index in [9.17, 15) is 18.0 Å². The summed E-state index contributed by atoms with van der Waals surface area (Å²) < 4.78 is 35.2. The largest absolute Gasteiger partial charge is 0.481 e. The van der Waals surface area contributed by atoms with Crippen LogP contribution in [0.2, 0.25) is 0 Å². The Balaban J connectivity index is 2.50. The van der Waals surface area contributed by atoms with Crippen molar-refractivity contribution in [1.82, 2.24) is 4.72 Å². The van der Waals surface area contributed by atoms with Crippen LogP contribution in [0.15, 0.2) is 0 Å². The van der Waals surface area contributed by atoms with E-state index in [0.29, 0.717) is 0 Å². The smallest absolute Gasteiger partial charge is 0.310 e. The van der Waals surface area contributed by atoms with E-state index in [0.717, 1.165) is 0 Å². The normalized spacial score (nSPS) is 23.2. The van der Waals surface area contributed by atoms with Gasteiger partial charge in [-0.25, -0.2) is 13.1 Å². The van der Waals surface area contributed by atoms with Gasteiger partial charge in [0.25, 0.3) is 0 Å². The van der Waals surface area contributed by atoms with Crippen LogP contribution in [0.25, 0.3) is 0 Å². The first-order valence-corrected chi connectivity index (χ1v) is 7.47. The van der Waals surface area contributed by atoms with Crippen molar-refractivity contribution in [2.24, 2.45) is 5.92 Å². The molecule has 1 aliphatic rings. The second kappa shape index (κ2) is 6.83. The standard InChI is InChI=1S/C10H17NO7S/c1-2-18-9(12)3-4-19(15,16)11-8-6-17-5-7(8)10(13)14/h7-8,11H,2-6H2,1H3,(H,13,14). The summed E-state index contributed by atoms with van der Waals surface area (Å²) in [7, 11) is -3.74. The first kappa shape index (κ1) is 15.9. The molecule has 0 aromatic heterocycles. The van der Waals surface area contributed by atoms with Crippen LogP contribution in [-0.2, 0) is 29.1 Å². The van der Waals surface area contributed by atoms with E-state index in [4.69, 9.17) is 9.84 Å². The lowest BCUT2D eigenvalue weighted by atomic mass is 10.1. The number of hydrogen-bond donors (Lipinski definition) is 2. The Labute approximate surface area is 111 Å². The molecule has 0 radical (unpaired) electrons. The summed E-state index contributed by atoms with van der Waals surface area (Å²) in [5.74, 6) is -3.06. The quantitative estimate of drug-likeness (QED) is 0.576. The van der Waals surface area contributed by atoms with Crippen molar-refractivity contribution < 1.29 is 32.6 Å². The highest BCUT2D eigenvalue weighted by Crippen LogP contribution is 2.15. The van der Waals surface area contributed by atoms with E-state index in [1.54, 1.807) is 6.92 Å². The number of carbonyl (C=O) groups is 2. The van der Waals surface area contributed by atoms with Crippen LogP contribution < -0.4 is 4.72 Å². The van der Waals surface area contributed by atoms with E-state index in [2.05, 4.69) is 9.46 Å². The van der Waals surface area contributed by atoms with Crippen molar-refractivity contribution in [3.05, 3.63) is 0 Å². The van der Waals surface area contributed by atoms with Crippen LogP contribution >= 0.6 is 0 Å². The molecule has 0 bridgehead atoms. The van der Waals surface area contributed by atoms with Gasteiger partial charge in [-0.3, -0.25) is 9.59 Å². The molecule has 110 valence electrons. The second-order valence-corrected chi connectivity index (χ2v) is 5.95. The van der Waals surface area contributed by atoms with Crippen LogP contribution in [0.5, 0.6) is 0 Å². The summed E-state index contributed by atoms with van der Waals surface area (Å²) >= 11 is 0. The van der Waals surface area contributed by atoms with Gasteiger partial charge in [-0.1, -0.05) is 0 Å². The van der Waals surface area contributed by atoms with Gasteiger partial charge in [0.1, 0.15) is 0 Å². The molecule has 1 fully saturated rings. The molecule has 1 saturated heterocycles. The second-order valence-electron chi connectivity index (χ2n) is 4.08. The van der Waals surface area contributed by atoms with Gasteiger partial charge in [-0.2, -0.15) is 0 Å². The highest BCUT2D eigenvalue weighted by molar-refractivity contribution is 7.89. The van der Waals surface area contributed by atoms with Gasteiger partial charge in [0.05, 0.1) is 44.0 Å². The Morgan fingerprint density at radius 1 is 1.42 bits per heavy atom. The summed E-state index contributed by atoms with van der Waals surface area (Å²) in [6.45, 7) is 1.79. The Morgan fingerprint density at radius 2 is 2.11 bits per heavy atom. The summed E-state index contributed by atoms with van der Waals surface area (Å²) in [5, 5.41) is 8.88. The minimum atomic E-state index is -3.74. The number of rotatable bonds is 7. The number of nitrogens with one attached hydrogen (secondary N) is 1. The monoisotopic (exact) mass is 295 g/mol. The van der Waals surface area contributed by atoms with Crippen molar-refractivity contribution in [3.63, 3.8) is 0 Å². The van der Waals surface area contributed by atoms with Gasteiger partial charge < -0.3 is 14.6 Å². The summed E-state index contributed by atoms with van der Waals surface area (Å²) in [5.41, 5.74) is 0. The Morgan fingerprint density at radius 3 is 2.68 bits per heavy atom. The predicted molar refractivity (Wildman–Crippen MR) is 63.9 cm³/mol. The lowest BCUT2D eigenvalue weighted by molar-refractivity contribution is -0.143. The molecular weight excluding hydrogens is 278 g/mol. The number of carbonyl (C=O) groups excluding carboxylic acids is 1. The molecule has 0 aromatic rings. The van der Waals surface area contributed by atoms with Crippen LogP contribution in [-0.4, -0.2) is 57.1 Å². The molecule has 19 heavy (non-hydrogen) atoms. The maximum Gasteiger partial charge on any atom is 0.310 e. The molecule has 1 heterocycles. The highest BCUT2D eigenvalue weighted by Gasteiger charge is 2.36. The number of esters is 1. The summed E-state index contributed by atoms with van der Waals surface area (Å²) in [6.07, 6.45) is -0.269. The minimum absolute atomic E-state index is 0.00953. The van der Waals surface area contributed by atoms with E-state index in [1.807, 2.05) is 0 Å². The molecule has 1 rings (SSSR count). The van der Waals surface area contributed by atoms with E-state index in [-0.39, 0.29) is 26.2 Å². The maximum absolute atomic E-state index is 11.7. The maximum atomic E-state index is 11.7. The van der Waals surface area contributed by atoms with E-state index >= 15 is 0 Å². The zero-order chi connectivity index (χ0) is 14.5. The zero-order valence-corrected chi connectivity index (χ0v) is 11.3. The number of ether oxygens (including phenoxy) is 2. The van der Waals surface area contributed by atoms with Crippen molar-refractivity contribution in [3.8, 4) is 0 Å². The molecule has 0 aromatic carbocycles. The lowest BCUT2D eigenvalue weighted by Crippen LogP contribution is -2.43. The van der Waals surface area contributed by atoms with Crippen LogP contribution in [0, 0.1) is 5.92 Å². The third-order valence-corrected chi connectivity index (χ3v) is 4.01. The lowest BCUT2D eigenvalue weighted by Gasteiger charge is -2.15. The molecular formula is C10H17NO7S. The first-order valence-electron chi connectivity index (χ1n) is 5.82. The van der Waals surface area contributed by atoms with Crippen molar-refractivity contribution in [2.75, 3.05) is 25.6 Å². The van der Waals surface area contributed by atoms with Gasteiger partial charge >= 0.3 is 11.9 Å². The van der Waals surface area contributed by atoms with E-state index in [1.165, 1.54) is 0 Å². The van der Waals surface area contributed by atoms with Crippen LogP contribution in [0.3, 0.4) is 0 Å². The molecule has 2 atom stereocenters. The van der Waals surface area contributed by atoms with Crippen molar-refractivity contribution in [1.29, 1.82) is 0 Å². The Bertz CT molecular complexity index is 433. The topological polar surface area (TPSA) is 119 Å². The van der Waals surface area contributed by atoms with Gasteiger partial charge in [-0.05, 0) is 6.92 Å². The van der Waals surface area contributed by atoms with Crippen LogP contribution in [0.4, 0.5) is 0 Å². The average Bonchev–Trinajstić information content (AvgIpc) is 2.74. The fraction of sp³-hybridized carbons (Fsp3) is 0.800. The zero-order valence-electron chi connectivity index (χ0n) is 10.5. The molecule has 2 N–H and O–H groups in total.